The van der Waals surface area contributed by atoms with Crippen LogP contribution in [0.1, 0.15) is 19.4 Å². The van der Waals surface area contributed by atoms with Crippen molar-refractivity contribution in [3.63, 3.8) is 0 Å². The standard InChI is InChI=1S/C22H26N4O2/c1-3-28-21-10-5-4-9-20(21)26-13-11-25(12-14-26)17(2)22(27)24-19-8-6-7-18(15-19)16-23/h4-10,15,17H,3,11-14H2,1-2H3,(H,24,27)/p+1/t17-/m1/s1. The Morgan fingerprint density at radius 2 is 2.00 bits per heavy atom. The Labute approximate surface area is 166 Å². The quantitative estimate of drug-likeness (QED) is 0.801. The van der Waals surface area contributed by atoms with Gasteiger partial charge in [0, 0.05) is 5.69 Å². The summed E-state index contributed by atoms with van der Waals surface area (Å²) in [4.78, 5) is 16.2. The van der Waals surface area contributed by atoms with Gasteiger partial charge in [0.25, 0.3) is 5.91 Å². The molecular weight excluding hydrogens is 352 g/mol. The van der Waals surface area contributed by atoms with Crippen molar-refractivity contribution in [3.05, 3.63) is 54.1 Å². The van der Waals surface area contributed by atoms with Crippen LogP contribution in [0, 0.1) is 11.3 Å². The third kappa shape index (κ3) is 4.62. The fourth-order valence-corrected chi connectivity index (χ4v) is 3.57. The number of nitrogens with zero attached hydrogens (tertiary/aromatic N) is 2. The molecule has 1 fully saturated rings. The highest BCUT2D eigenvalue weighted by Crippen LogP contribution is 2.27. The number of carbonyl (C=O) groups excluding carboxylic acids is 1. The number of quaternary nitrogens is 1. The summed E-state index contributed by atoms with van der Waals surface area (Å²) < 4.78 is 5.75. The van der Waals surface area contributed by atoms with E-state index < -0.39 is 0 Å². The van der Waals surface area contributed by atoms with Crippen molar-refractivity contribution in [2.24, 2.45) is 0 Å². The molecule has 0 aromatic heterocycles. The van der Waals surface area contributed by atoms with Gasteiger partial charge in [0.1, 0.15) is 5.75 Å². The van der Waals surface area contributed by atoms with Crippen LogP contribution in [0.2, 0.25) is 0 Å². The number of hydrogen-bond donors (Lipinski definition) is 2. The lowest BCUT2D eigenvalue weighted by Gasteiger charge is -2.36. The SMILES string of the molecule is CCOc1ccccc1N1CC[NH+]([C@H](C)C(=O)Nc2cccc(C#N)c2)CC1. The molecule has 2 aromatic rings. The maximum atomic E-state index is 12.7. The molecule has 0 aliphatic carbocycles. The molecule has 1 aliphatic rings. The minimum absolute atomic E-state index is 0.0201. The van der Waals surface area contributed by atoms with Crippen LogP contribution in [-0.4, -0.2) is 44.7 Å². The topological polar surface area (TPSA) is 69.8 Å². The van der Waals surface area contributed by atoms with Crippen molar-refractivity contribution in [1.29, 1.82) is 5.26 Å². The van der Waals surface area contributed by atoms with Gasteiger partial charge < -0.3 is 19.9 Å². The molecule has 28 heavy (non-hydrogen) atoms. The lowest BCUT2D eigenvalue weighted by atomic mass is 10.1. The Morgan fingerprint density at radius 1 is 1.25 bits per heavy atom. The van der Waals surface area contributed by atoms with Crippen molar-refractivity contribution in [2.75, 3.05) is 43.0 Å². The van der Waals surface area contributed by atoms with Crippen LogP contribution in [-0.2, 0) is 4.79 Å². The highest BCUT2D eigenvalue weighted by molar-refractivity contribution is 5.93. The third-order valence-corrected chi connectivity index (χ3v) is 5.18. The minimum Gasteiger partial charge on any atom is -0.492 e. The molecule has 2 N–H and O–H groups in total. The molecule has 146 valence electrons. The zero-order valence-corrected chi connectivity index (χ0v) is 16.4. The van der Waals surface area contributed by atoms with Crippen molar-refractivity contribution in [2.45, 2.75) is 19.9 Å². The first kappa shape index (κ1) is 19.7. The summed E-state index contributed by atoms with van der Waals surface area (Å²) in [5, 5.41) is 11.9. The molecule has 6 nitrogen and oxygen atoms in total. The maximum absolute atomic E-state index is 12.7. The monoisotopic (exact) mass is 379 g/mol. The summed E-state index contributed by atoms with van der Waals surface area (Å²) in [6.07, 6.45) is 0. The first-order chi connectivity index (χ1) is 13.6. The van der Waals surface area contributed by atoms with Crippen LogP contribution in [0.3, 0.4) is 0 Å². The van der Waals surface area contributed by atoms with Crippen LogP contribution in [0.5, 0.6) is 5.75 Å². The summed E-state index contributed by atoms with van der Waals surface area (Å²) in [5.74, 6) is 0.893. The lowest BCUT2D eigenvalue weighted by molar-refractivity contribution is -0.914. The third-order valence-electron chi connectivity index (χ3n) is 5.18. The number of carbonyl (C=O) groups is 1. The Hall–Kier alpha value is -3.04. The second-order valence-electron chi connectivity index (χ2n) is 6.95. The number of piperazine rings is 1. The first-order valence-electron chi connectivity index (χ1n) is 9.74. The molecule has 0 spiro atoms. The molecular formula is C22H27N4O2+. The van der Waals surface area contributed by atoms with E-state index in [1.165, 1.54) is 4.90 Å². The van der Waals surface area contributed by atoms with Gasteiger partial charge in [-0.15, -0.1) is 0 Å². The number of benzene rings is 2. The zero-order chi connectivity index (χ0) is 19.9. The van der Waals surface area contributed by atoms with Gasteiger partial charge in [0.15, 0.2) is 6.04 Å². The van der Waals surface area contributed by atoms with E-state index in [2.05, 4.69) is 22.4 Å². The van der Waals surface area contributed by atoms with E-state index in [9.17, 15) is 4.79 Å². The molecule has 1 heterocycles. The second-order valence-corrected chi connectivity index (χ2v) is 6.95. The first-order valence-corrected chi connectivity index (χ1v) is 9.74. The predicted octanol–water partition coefficient (Wildman–Crippen LogP) is 1.69. The Morgan fingerprint density at radius 3 is 2.71 bits per heavy atom. The summed E-state index contributed by atoms with van der Waals surface area (Å²) in [6, 6.07) is 17.1. The van der Waals surface area contributed by atoms with Gasteiger partial charge in [-0.2, -0.15) is 5.26 Å². The van der Waals surface area contributed by atoms with Gasteiger partial charge in [-0.3, -0.25) is 4.79 Å². The van der Waals surface area contributed by atoms with Gasteiger partial charge in [0.05, 0.1) is 50.1 Å². The van der Waals surface area contributed by atoms with Crippen molar-refractivity contribution in [1.82, 2.24) is 0 Å². The number of nitrogens with one attached hydrogen (secondary N) is 2. The Kier molecular flexibility index (Phi) is 6.51. The molecule has 0 radical (unpaired) electrons. The molecule has 0 bridgehead atoms. The maximum Gasteiger partial charge on any atom is 0.282 e. The fraction of sp³-hybridized carbons (Fsp3) is 0.364. The van der Waals surface area contributed by atoms with Crippen LogP contribution in [0.25, 0.3) is 0 Å². The predicted molar refractivity (Wildman–Crippen MR) is 110 cm³/mol. The molecule has 2 aromatic carbocycles. The summed E-state index contributed by atoms with van der Waals surface area (Å²) in [7, 11) is 0. The van der Waals surface area contributed by atoms with Gasteiger partial charge in [-0.1, -0.05) is 18.2 Å². The van der Waals surface area contributed by atoms with Gasteiger partial charge in [-0.25, -0.2) is 0 Å². The second kappa shape index (κ2) is 9.25. The van der Waals surface area contributed by atoms with Crippen molar-refractivity contribution >= 4 is 17.3 Å². The van der Waals surface area contributed by atoms with Crippen molar-refractivity contribution < 1.29 is 14.4 Å². The Balaban J connectivity index is 1.58. The summed E-state index contributed by atoms with van der Waals surface area (Å²) in [5.41, 5.74) is 2.33. The van der Waals surface area contributed by atoms with Crippen LogP contribution < -0.4 is 19.9 Å². The smallest absolute Gasteiger partial charge is 0.282 e. The van der Waals surface area contributed by atoms with E-state index in [4.69, 9.17) is 10.00 Å². The number of para-hydroxylation sites is 2. The molecule has 1 amide bonds. The normalized spacial score (nSPS) is 15.5. The van der Waals surface area contributed by atoms with E-state index in [0.717, 1.165) is 37.6 Å². The van der Waals surface area contributed by atoms with Gasteiger partial charge >= 0.3 is 0 Å². The van der Waals surface area contributed by atoms with Crippen LogP contribution >= 0.6 is 0 Å². The number of nitriles is 1. The number of amides is 1. The largest absolute Gasteiger partial charge is 0.492 e. The molecule has 6 heteroatoms. The molecule has 0 saturated carbocycles. The molecule has 1 aliphatic heterocycles. The van der Waals surface area contributed by atoms with E-state index in [-0.39, 0.29) is 11.9 Å². The average molecular weight is 379 g/mol. The highest BCUT2D eigenvalue weighted by atomic mass is 16.5. The van der Waals surface area contributed by atoms with E-state index in [1.807, 2.05) is 38.1 Å². The minimum atomic E-state index is -0.157. The van der Waals surface area contributed by atoms with E-state index in [0.29, 0.717) is 17.9 Å². The molecule has 1 atom stereocenters. The number of anilines is 2. The van der Waals surface area contributed by atoms with E-state index in [1.54, 1.807) is 18.2 Å². The van der Waals surface area contributed by atoms with Gasteiger partial charge in [0.2, 0.25) is 0 Å². The van der Waals surface area contributed by atoms with Crippen LogP contribution in [0.4, 0.5) is 11.4 Å². The van der Waals surface area contributed by atoms with E-state index >= 15 is 0 Å². The summed E-state index contributed by atoms with van der Waals surface area (Å²) >= 11 is 0. The highest BCUT2D eigenvalue weighted by Gasteiger charge is 2.30. The summed E-state index contributed by atoms with van der Waals surface area (Å²) in [6.45, 7) is 8.11. The van der Waals surface area contributed by atoms with Crippen molar-refractivity contribution in [3.8, 4) is 11.8 Å². The Bertz CT molecular complexity index is 854. The molecule has 1 saturated heterocycles. The van der Waals surface area contributed by atoms with Gasteiger partial charge in [-0.05, 0) is 44.2 Å². The zero-order valence-electron chi connectivity index (χ0n) is 16.4. The molecule has 3 rings (SSSR count). The molecule has 0 unspecified atom stereocenters. The average Bonchev–Trinajstić information content (AvgIpc) is 2.74. The fourth-order valence-electron chi connectivity index (χ4n) is 3.57. The number of ether oxygens (including phenoxy) is 1. The number of hydrogen-bond acceptors (Lipinski definition) is 4. The lowest BCUT2D eigenvalue weighted by Crippen LogP contribution is -3.19. The van der Waals surface area contributed by atoms with Crippen LogP contribution in [0.15, 0.2) is 48.5 Å². The number of rotatable bonds is 6.